The highest BCUT2D eigenvalue weighted by Crippen LogP contribution is 2.37. The van der Waals surface area contributed by atoms with E-state index in [1.807, 2.05) is 45.9 Å². The van der Waals surface area contributed by atoms with E-state index < -0.39 is 23.8 Å². The fourth-order valence-electron chi connectivity index (χ4n) is 5.21. The molecule has 2 N–H and O–H groups in total. The van der Waals surface area contributed by atoms with Crippen molar-refractivity contribution in [3.05, 3.63) is 34.9 Å². The lowest BCUT2D eigenvalue weighted by molar-refractivity contribution is -0.144. The van der Waals surface area contributed by atoms with Crippen molar-refractivity contribution < 1.29 is 19.1 Å². The van der Waals surface area contributed by atoms with Crippen molar-refractivity contribution in [2.24, 2.45) is 5.92 Å². The molecule has 7 heteroatoms. The van der Waals surface area contributed by atoms with Gasteiger partial charge in [-0.25, -0.2) is 4.79 Å². The van der Waals surface area contributed by atoms with E-state index in [1.165, 1.54) is 6.42 Å². The first-order chi connectivity index (χ1) is 17.4. The number of carbonyl (C=O) groups excluding carboxylic acids is 3. The van der Waals surface area contributed by atoms with E-state index >= 15 is 0 Å². The van der Waals surface area contributed by atoms with E-state index in [2.05, 4.69) is 10.6 Å². The van der Waals surface area contributed by atoms with Crippen molar-refractivity contribution in [1.29, 1.82) is 0 Å². The third-order valence-electron chi connectivity index (χ3n) is 7.31. The summed E-state index contributed by atoms with van der Waals surface area (Å²) in [5, 5.41) is 6.13. The molecule has 0 heterocycles. The van der Waals surface area contributed by atoms with Crippen LogP contribution in [0.2, 0.25) is 0 Å². The van der Waals surface area contributed by atoms with Crippen LogP contribution in [0, 0.1) is 19.8 Å². The van der Waals surface area contributed by atoms with Gasteiger partial charge in [0.05, 0.1) is 0 Å². The second-order valence-electron chi connectivity index (χ2n) is 12.3. The van der Waals surface area contributed by atoms with Gasteiger partial charge >= 0.3 is 6.09 Å². The number of rotatable bonds is 9. The number of alkyl carbamates (subject to hydrolysis) is 1. The molecule has 0 spiro atoms. The minimum Gasteiger partial charge on any atom is -0.444 e. The maximum atomic E-state index is 14.2. The Bertz CT molecular complexity index is 958. The summed E-state index contributed by atoms with van der Waals surface area (Å²) in [4.78, 5) is 42.7. The molecule has 206 valence electrons. The van der Waals surface area contributed by atoms with Crippen LogP contribution in [0.25, 0.3) is 0 Å². The van der Waals surface area contributed by atoms with Crippen LogP contribution < -0.4 is 10.6 Å². The molecule has 3 amide bonds. The second kappa shape index (κ2) is 12.3. The lowest BCUT2D eigenvalue weighted by Gasteiger charge is -2.37. The number of carbonyl (C=O) groups is 3. The van der Waals surface area contributed by atoms with E-state index in [4.69, 9.17) is 4.74 Å². The van der Waals surface area contributed by atoms with Crippen LogP contribution in [0.5, 0.6) is 0 Å². The van der Waals surface area contributed by atoms with Crippen molar-refractivity contribution in [3.8, 4) is 0 Å². The lowest BCUT2D eigenvalue weighted by atomic mass is 9.92. The fourth-order valence-corrected chi connectivity index (χ4v) is 5.21. The Kier molecular flexibility index (Phi) is 9.65. The third-order valence-corrected chi connectivity index (χ3v) is 7.31. The number of amides is 3. The van der Waals surface area contributed by atoms with Gasteiger partial charge in [-0.15, -0.1) is 0 Å². The molecule has 0 aliphatic heterocycles. The topological polar surface area (TPSA) is 87.7 Å². The Morgan fingerprint density at radius 1 is 1.03 bits per heavy atom. The van der Waals surface area contributed by atoms with Crippen LogP contribution in [0.15, 0.2) is 18.2 Å². The number of hydrogen-bond donors (Lipinski definition) is 2. The van der Waals surface area contributed by atoms with Gasteiger partial charge in [0.1, 0.15) is 17.7 Å². The Morgan fingerprint density at radius 3 is 2.24 bits per heavy atom. The number of nitrogens with one attached hydrogen (secondary N) is 2. The minimum absolute atomic E-state index is 0.0235. The molecular formula is C30H47N3O4. The average molecular weight is 514 g/mol. The maximum Gasteiger partial charge on any atom is 0.408 e. The molecule has 2 atom stereocenters. The molecule has 7 nitrogen and oxygen atoms in total. The molecule has 2 saturated carbocycles. The molecule has 2 unspecified atom stereocenters. The van der Waals surface area contributed by atoms with E-state index in [0.29, 0.717) is 6.42 Å². The largest absolute Gasteiger partial charge is 0.444 e. The first-order valence-corrected chi connectivity index (χ1v) is 14.1. The summed E-state index contributed by atoms with van der Waals surface area (Å²) in [6.45, 7) is 13.5. The van der Waals surface area contributed by atoms with Gasteiger partial charge in [-0.3, -0.25) is 9.59 Å². The number of hydrogen-bond acceptors (Lipinski definition) is 4. The molecule has 0 aromatic heterocycles. The van der Waals surface area contributed by atoms with Crippen molar-refractivity contribution in [2.45, 2.75) is 130 Å². The van der Waals surface area contributed by atoms with E-state index in [1.54, 1.807) is 25.7 Å². The van der Waals surface area contributed by atoms with Crippen molar-refractivity contribution >= 4 is 17.9 Å². The number of nitrogens with zero attached hydrogens (tertiary/aromatic N) is 1. The molecule has 1 aromatic rings. The van der Waals surface area contributed by atoms with Crippen LogP contribution in [-0.4, -0.2) is 46.5 Å². The molecule has 1 aromatic carbocycles. The van der Waals surface area contributed by atoms with Crippen molar-refractivity contribution in [2.75, 3.05) is 0 Å². The minimum atomic E-state index is -0.773. The normalized spacial score (nSPS) is 18.2. The van der Waals surface area contributed by atoms with Gasteiger partial charge in [0.2, 0.25) is 11.8 Å². The van der Waals surface area contributed by atoms with E-state index in [0.717, 1.165) is 55.2 Å². The SMILES string of the molecule is Cc1cccc(C(C(=O)NC2CCCCC2)N(C(=O)C(CC(C)C)NC(=O)OC(C)(C)C)C2CC2)c1C. The predicted molar refractivity (Wildman–Crippen MR) is 146 cm³/mol. The average Bonchev–Trinajstić information content (AvgIpc) is 3.63. The highest BCUT2D eigenvalue weighted by atomic mass is 16.6. The van der Waals surface area contributed by atoms with Crippen LogP contribution >= 0.6 is 0 Å². The van der Waals surface area contributed by atoms with Crippen LogP contribution in [0.3, 0.4) is 0 Å². The zero-order chi connectivity index (χ0) is 27.3. The molecule has 0 saturated heterocycles. The zero-order valence-corrected chi connectivity index (χ0v) is 23.9. The first kappa shape index (κ1) is 29.0. The fraction of sp³-hybridized carbons (Fsp3) is 0.700. The van der Waals surface area contributed by atoms with Crippen molar-refractivity contribution in [1.82, 2.24) is 15.5 Å². The number of aryl methyl sites for hydroxylation is 1. The van der Waals surface area contributed by atoms with Gasteiger partial charge in [0.15, 0.2) is 0 Å². The van der Waals surface area contributed by atoms with E-state index in [-0.39, 0.29) is 29.8 Å². The Balaban J connectivity index is 1.97. The molecule has 2 aliphatic carbocycles. The molecule has 0 radical (unpaired) electrons. The van der Waals surface area contributed by atoms with Gasteiger partial charge in [0, 0.05) is 12.1 Å². The van der Waals surface area contributed by atoms with Gasteiger partial charge in [-0.05, 0) is 89.3 Å². The highest BCUT2D eigenvalue weighted by Gasteiger charge is 2.45. The standard InChI is InChI=1S/C30H47N3O4/c1-19(2)18-25(32-29(36)37-30(5,6)7)28(35)33(23-16-17-23)26(24-15-11-12-20(3)21(24)4)27(34)31-22-13-9-8-10-14-22/h11-12,15,19,22-23,25-26H,8-10,13-14,16-18H2,1-7H3,(H,31,34)(H,32,36). The zero-order valence-electron chi connectivity index (χ0n) is 23.9. The predicted octanol–water partition coefficient (Wildman–Crippen LogP) is 5.72. The maximum absolute atomic E-state index is 14.2. The Hall–Kier alpha value is -2.57. The van der Waals surface area contributed by atoms with Gasteiger partial charge < -0.3 is 20.3 Å². The molecule has 37 heavy (non-hydrogen) atoms. The summed E-state index contributed by atoms with van der Waals surface area (Å²) in [6, 6.07) is 4.56. The Morgan fingerprint density at radius 2 is 1.68 bits per heavy atom. The molecule has 3 rings (SSSR count). The summed E-state index contributed by atoms with van der Waals surface area (Å²) in [6.07, 6.45) is 6.92. The monoisotopic (exact) mass is 513 g/mol. The molecule has 0 bridgehead atoms. The molecule has 2 aliphatic rings. The summed E-state index contributed by atoms with van der Waals surface area (Å²) < 4.78 is 5.48. The lowest BCUT2D eigenvalue weighted by Crippen LogP contribution is -2.55. The summed E-state index contributed by atoms with van der Waals surface area (Å²) in [5.41, 5.74) is 2.29. The van der Waals surface area contributed by atoms with Gasteiger partial charge in [-0.1, -0.05) is 51.3 Å². The van der Waals surface area contributed by atoms with Crippen LogP contribution in [0.4, 0.5) is 4.79 Å². The quantitative estimate of drug-likeness (QED) is 0.442. The van der Waals surface area contributed by atoms with Gasteiger partial charge in [0.25, 0.3) is 0 Å². The van der Waals surface area contributed by atoms with Crippen LogP contribution in [-0.2, 0) is 14.3 Å². The van der Waals surface area contributed by atoms with Crippen molar-refractivity contribution in [3.63, 3.8) is 0 Å². The highest BCUT2D eigenvalue weighted by molar-refractivity contribution is 5.93. The second-order valence-corrected chi connectivity index (χ2v) is 12.3. The first-order valence-electron chi connectivity index (χ1n) is 14.1. The number of ether oxygens (including phenoxy) is 1. The summed E-state index contributed by atoms with van der Waals surface area (Å²) in [5.74, 6) is -0.173. The molecule has 2 fully saturated rings. The summed E-state index contributed by atoms with van der Waals surface area (Å²) in [7, 11) is 0. The third kappa shape index (κ3) is 8.21. The van der Waals surface area contributed by atoms with E-state index in [9.17, 15) is 14.4 Å². The van der Waals surface area contributed by atoms with Gasteiger partial charge in [-0.2, -0.15) is 0 Å². The Labute approximate surface area is 223 Å². The smallest absolute Gasteiger partial charge is 0.408 e. The summed E-state index contributed by atoms with van der Waals surface area (Å²) >= 11 is 0. The number of benzene rings is 1. The molecular weight excluding hydrogens is 466 g/mol. The van der Waals surface area contributed by atoms with Crippen LogP contribution in [0.1, 0.15) is 109 Å².